The Hall–Kier alpha value is -7.90. The van der Waals surface area contributed by atoms with Crippen molar-refractivity contribution in [3.8, 4) is 28.7 Å². The molecule has 0 atom stereocenters. The molecular weight excluding hydrogens is 1090 g/mol. The van der Waals surface area contributed by atoms with Gasteiger partial charge in [0.05, 0.1) is 57.7 Å². The molecule has 460 valence electrons. The quantitative estimate of drug-likeness (QED) is 0.0231. The second-order valence-electron chi connectivity index (χ2n) is 24.6. The summed E-state index contributed by atoms with van der Waals surface area (Å²) in [5.41, 5.74) is 1.08. The van der Waals surface area contributed by atoms with E-state index in [1.54, 1.807) is 0 Å². The smallest absolute Gasteiger partial charge is 0.270 e. The van der Waals surface area contributed by atoms with E-state index < -0.39 is 24.6 Å². The fraction of sp³-hybridized carbons (Fsp3) is 0.538. The molecule has 10 bridgehead atoms. The minimum atomic E-state index is -0.552. The number of nitrogens with zero attached hydrogens (tertiary/aromatic N) is 5. The van der Waals surface area contributed by atoms with Gasteiger partial charge in [0.1, 0.15) is 28.7 Å². The maximum Gasteiger partial charge on any atom is 0.270 e. The topological polar surface area (TPSA) is 262 Å². The Kier molecular flexibility index (Phi) is 24.4. The van der Waals surface area contributed by atoms with Crippen molar-refractivity contribution in [1.29, 1.82) is 0 Å². The number of fused-ring (bicyclic) bond motifs is 10. The van der Waals surface area contributed by atoms with Crippen molar-refractivity contribution >= 4 is 28.4 Å². The summed E-state index contributed by atoms with van der Waals surface area (Å²) in [6.07, 6.45) is 5.86. The van der Waals surface area contributed by atoms with Crippen molar-refractivity contribution in [3.05, 3.63) is 167 Å². The third kappa shape index (κ3) is 19.3. The highest BCUT2D eigenvalue weighted by molar-refractivity contribution is 5.63. The molecular formula is C65H85N5O15. The molecule has 0 saturated heterocycles. The zero-order valence-corrected chi connectivity index (χ0v) is 51.2. The van der Waals surface area contributed by atoms with Crippen LogP contribution in [-0.4, -0.2) is 57.7 Å². The lowest BCUT2D eigenvalue weighted by atomic mass is 9.90. The summed E-state index contributed by atoms with van der Waals surface area (Å²) >= 11 is 0. The Labute approximate surface area is 498 Å². The van der Waals surface area contributed by atoms with Crippen LogP contribution in [0.2, 0.25) is 0 Å². The second-order valence-corrected chi connectivity index (χ2v) is 24.6. The van der Waals surface area contributed by atoms with E-state index in [-0.39, 0.29) is 178 Å². The van der Waals surface area contributed by atoms with Crippen LogP contribution >= 0.6 is 0 Å². The summed E-state index contributed by atoms with van der Waals surface area (Å²) in [7, 11) is 0. The lowest BCUT2D eigenvalue weighted by Gasteiger charge is -2.23. The maximum atomic E-state index is 13.2. The predicted molar refractivity (Wildman–Crippen MR) is 327 cm³/mol. The summed E-state index contributed by atoms with van der Waals surface area (Å²) in [5, 5.41) is 65.8. The molecule has 0 aliphatic heterocycles. The van der Waals surface area contributed by atoms with E-state index in [9.17, 15) is 50.6 Å². The number of nitro groups is 5. The van der Waals surface area contributed by atoms with E-state index in [4.69, 9.17) is 23.7 Å². The molecule has 20 heteroatoms. The average Bonchev–Trinajstić information content (AvgIpc) is 2.82. The number of nitro benzene ring substituents is 5. The van der Waals surface area contributed by atoms with Crippen molar-refractivity contribution in [1.82, 2.24) is 0 Å². The highest BCUT2D eigenvalue weighted by atomic mass is 16.6. The van der Waals surface area contributed by atoms with E-state index in [2.05, 4.69) is 69.2 Å². The Morgan fingerprint density at radius 1 is 0.282 bits per heavy atom. The molecule has 0 spiro atoms. The average molecular weight is 1180 g/mol. The van der Waals surface area contributed by atoms with E-state index in [0.717, 1.165) is 32.1 Å². The molecule has 1 aliphatic rings. The predicted octanol–water partition coefficient (Wildman–Crippen LogP) is 16.6. The van der Waals surface area contributed by atoms with Gasteiger partial charge in [0.15, 0.2) is 0 Å². The van der Waals surface area contributed by atoms with E-state index in [0.29, 0.717) is 61.7 Å². The normalized spacial score (nSPS) is 12.4. The lowest BCUT2D eigenvalue weighted by molar-refractivity contribution is -0.385. The third-order valence-electron chi connectivity index (χ3n) is 15.0. The molecule has 0 radical (unpaired) electrons. The minimum Gasteiger partial charge on any atom is -0.493 e. The Morgan fingerprint density at radius 2 is 0.412 bits per heavy atom. The van der Waals surface area contributed by atoms with Gasteiger partial charge in [0, 0.05) is 148 Å². The molecule has 0 amide bonds. The van der Waals surface area contributed by atoms with Crippen molar-refractivity contribution in [2.75, 3.05) is 33.0 Å². The molecule has 0 unspecified atom stereocenters. The molecule has 5 aromatic rings. The maximum absolute atomic E-state index is 13.2. The SMILES string of the molecule is CC(C)CCCOc1c2cc([N+](=O)[O-])cc1Cc1cc([N+](=O)[O-])cc(c1OCCCC(C)C)Cc1cc([N+](=O)[O-])cc(c1OCCCC(C)C)Cc1cc([N+](=O)[O-])cc(c1OCCCC(C)C)Cc1cc([N+](=O)[O-])cc(c1OCCCC(C)C)C2. The Morgan fingerprint density at radius 3 is 0.518 bits per heavy atom. The molecule has 20 nitrogen and oxygen atoms in total. The first-order chi connectivity index (χ1) is 40.4. The summed E-state index contributed by atoms with van der Waals surface area (Å²) in [5.74, 6) is 2.64. The Bertz CT molecular complexity index is 2570. The molecule has 1 aliphatic carbocycles. The van der Waals surface area contributed by atoms with Gasteiger partial charge < -0.3 is 23.7 Å². The van der Waals surface area contributed by atoms with Crippen LogP contribution < -0.4 is 23.7 Å². The van der Waals surface area contributed by atoms with Gasteiger partial charge in [-0.3, -0.25) is 50.6 Å². The lowest BCUT2D eigenvalue weighted by Crippen LogP contribution is -2.12. The second kappa shape index (κ2) is 31.3. The summed E-state index contributed by atoms with van der Waals surface area (Å²) < 4.78 is 33.7. The van der Waals surface area contributed by atoms with Gasteiger partial charge >= 0.3 is 0 Å². The van der Waals surface area contributed by atoms with Gasteiger partial charge in [-0.2, -0.15) is 0 Å². The molecule has 0 saturated carbocycles. The van der Waals surface area contributed by atoms with Crippen LogP contribution in [0.15, 0.2) is 60.7 Å². The van der Waals surface area contributed by atoms with Crippen molar-refractivity contribution < 1.29 is 48.3 Å². The number of benzene rings is 5. The molecule has 0 aromatic heterocycles. The van der Waals surface area contributed by atoms with Gasteiger partial charge in [0.2, 0.25) is 0 Å². The van der Waals surface area contributed by atoms with E-state index in [1.165, 1.54) is 60.7 Å². The summed E-state index contributed by atoms with van der Waals surface area (Å²) in [6, 6.07) is 13.7. The number of rotatable bonds is 30. The first kappa shape index (κ1) is 66.2. The number of ether oxygens (including phenoxy) is 5. The fourth-order valence-corrected chi connectivity index (χ4v) is 10.8. The van der Waals surface area contributed by atoms with Gasteiger partial charge in [-0.15, -0.1) is 0 Å². The van der Waals surface area contributed by atoms with Crippen molar-refractivity contribution in [3.63, 3.8) is 0 Å². The molecule has 6 rings (SSSR count). The van der Waals surface area contributed by atoms with Gasteiger partial charge in [-0.1, -0.05) is 69.2 Å². The minimum absolute atomic E-state index is 0.164. The number of hydrogen-bond acceptors (Lipinski definition) is 15. The molecule has 5 aromatic carbocycles. The Balaban J connectivity index is 1.83. The molecule has 0 fully saturated rings. The zero-order valence-electron chi connectivity index (χ0n) is 51.2. The highest BCUT2D eigenvalue weighted by Gasteiger charge is 2.30. The number of non-ortho nitro benzene ring substituents is 5. The van der Waals surface area contributed by atoms with Crippen LogP contribution in [0.1, 0.15) is 189 Å². The summed E-state index contributed by atoms with van der Waals surface area (Å²) in [6.45, 7) is 21.6. The monoisotopic (exact) mass is 1180 g/mol. The van der Waals surface area contributed by atoms with Crippen LogP contribution in [0, 0.1) is 80.2 Å². The van der Waals surface area contributed by atoms with Crippen molar-refractivity contribution in [2.45, 2.75) is 166 Å². The fourth-order valence-electron chi connectivity index (χ4n) is 10.8. The van der Waals surface area contributed by atoms with Crippen LogP contribution in [-0.2, 0) is 32.1 Å². The van der Waals surface area contributed by atoms with Crippen LogP contribution in [0.5, 0.6) is 28.7 Å². The van der Waals surface area contributed by atoms with Crippen LogP contribution in [0.3, 0.4) is 0 Å². The third-order valence-corrected chi connectivity index (χ3v) is 15.0. The molecule has 0 N–H and O–H groups in total. The standard InChI is InChI=1S/C65H85N5O15/c1-41(2)16-11-21-81-61-46-26-48-33-57(67(73)74)35-50(62(48)82-22-12-17-42(3)4)28-52-37-59(69(77)78)39-54(64(52)84-24-14-19-44(7)8)30-55-40-60(70(79)80)38-53(65(55)85-25-15-20-45(9)10)29-51-36-58(68(75)76)34-49(63(51)83-23-13-18-43(5)6)27-47(61)32-56(31-46)66(71)72/h31-45H,11-30H2,1-10H3. The van der Waals surface area contributed by atoms with Gasteiger partial charge in [-0.25, -0.2) is 0 Å². The van der Waals surface area contributed by atoms with Crippen LogP contribution in [0.4, 0.5) is 28.4 Å². The number of hydrogen-bond donors (Lipinski definition) is 0. The van der Waals surface area contributed by atoms with E-state index in [1.807, 2.05) is 0 Å². The van der Waals surface area contributed by atoms with Crippen LogP contribution in [0.25, 0.3) is 0 Å². The molecule has 85 heavy (non-hydrogen) atoms. The largest absolute Gasteiger partial charge is 0.493 e. The first-order valence-corrected chi connectivity index (χ1v) is 30.0. The molecule has 0 heterocycles. The van der Waals surface area contributed by atoms with Crippen molar-refractivity contribution in [2.24, 2.45) is 29.6 Å². The highest BCUT2D eigenvalue weighted by Crippen LogP contribution is 2.45. The zero-order chi connectivity index (χ0) is 62.1. The first-order valence-electron chi connectivity index (χ1n) is 30.0. The summed E-state index contributed by atoms with van der Waals surface area (Å²) in [4.78, 5) is 63.1. The van der Waals surface area contributed by atoms with E-state index >= 15 is 0 Å². The van der Waals surface area contributed by atoms with Gasteiger partial charge in [0.25, 0.3) is 28.4 Å². The van der Waals surface area contributed by atoms with Gasteiger partial charge in [-0.05, 0) is 93.8 Å².